The topological polar surface area (TPSA) is 135 Å². The van der Waals surface area contributed by atoms with Crippen LogP contribution in [0.3, 0.4) is 0 Å². The largest absolute Gasteiger partial charge is 0.480 e. The first-order valence-electron chi connectivity index (χ1n) is 7.57. The van der Waals surface area contributed by atoms with E-state index in [-0.39, 0.29) is 12.1 Å². The SMILES string of the molecule is NC(Cc1c[nH]c2ccc(N3CCOCC3)c([N+](=O)[O-])c12)C(=O)O. The molecule has 4 N–H and O–H groups in total. The van der Waals surface area contributed by atoms with Crippen LogP contribution < -0.4 is 10.6 Å². The fourth-order valence-electron chi connectivity index (χ4n) is 2.99. The van der Waals surface area contributed by atoms with Crippen LogP contribution in [0.25, 0.3) is 10.9 Å². The second-order valence-corrected chi connectivity index (χ2v) is 5.68. The predicted octanol–water partition coefficient (Wildman–Crippen LogP) is 0.867. The summed E-state index contributed by atoms with van der Waals surface area (Å²) in [6.07, 6.45) is 1.60. The van der Waals surface area contributed by atoms with E-state index in [9.17, 15) is 14.9 Å². The average Bonchev–Trinajstić information content (AvgIpc) is 2.97. The Balaban J connectivity index is 2.11. The monoisotopic (exact) mass is 334 g/mol. The number of ether oxygens (including phenoxy) is 1. The van der Waals surface area contributed by atoms with Crippen LogP contribution in [0, 0.1) is 10.1 Å². The number of H-pyrrole nitrogens is 1. The molecule has 1 saturated heterocycles. The van der Waals surface area contributed by atoms with E-state index in [1.54, 1.807) is 18.3 Å². The number of morpholine rings is 1. The number of aliphatic carboxylic acids is 1. The second kappa shape index (κ2) is 6.46. The lowest BCUT2D eigenvalue weighted by atomic mass is 10.0. The van der Waals surface area contributed by atoms with E-state index in [2.05, 4.69) is 4.98 Å². The minimum Gasteiger partial charge on any atom is -0.480 e. The summed E-state index contributed by atoms with van der Waals surface area (Å²) < 4.78 is 5.30. The van der Waals surface area contributed by atoms with Crippen LogP contribution in [0.2, 0.25) is 0 Å². The number of nitro groups is 1. The van der Waals surface area contributed by atoms with Gasteiger partial charge in [0.2, 0.25) is 0 Å². The number of nitrogens with one attached hydrogen (secondary N) is 1. The van der Waals surface area contributed by atoms with Gasteiger partial charge in [0.05, 0.1) is 29.0 Å². The number of benzene rings is 1. The Morgan fingerprint density at radius 3 is 2.79 bits per heavy atom. The van der Waals surface area contributed by atoms with Crippen molar-refractivity contribution < 1.29 is 19.6 Å². The summed E-state index contributed by atoms with van der Waals surface area (Å²) in [6.45, 7) is 2.17. The van der Waals surface area contributed by atoms with Gasteiger partial charge in [-0.25, -0.2) is 0 Å². The maximum atomic E-state index is 11.7. The third-order valence-electron chi connectivity index (χ3n) is 4.17. The van der Waals surface area contributed by atoms with Crippen LogP contribution in [0.15, 0.2) is 18.3 Å². The molecule has 0 aliphatic carbocycles. The number of aromatic amines is 1. The lowest BCUT2D eigenvalue weighted by molar-refractivity contribution is -0.382. The Bertz CT molecular complexity index is 782. The second-order valence-electron chi connectivity index (χ2n) is 5.68. The van der Waals surface area contributed by atoms with E-state index in [0.29, 0.717) is 48.5 Å². The zero-order chi connectivity index (χ0) is 17.3. The first-order chi connectivity index (χ1) is 11.5. The Hall–Kier alpha value is -2.65. The van der Waals surface area contributed by atoms with Crippen molar-refractivity contribution in [3.63, 3.8) is 0 Å². The van der Waals surface area contributed by atoms with Gasteiger partial charge in [-0.1, -0.05) is 0 Å². The first kappa shape index (κ1) is 16.2. The third-order valence-corrected chi connectivity index (χ3v) is 4.17. The average molecular weight is 334 g/mol. The number of hydrogen-bond donors (Lipinski definition) is 3. The van der Waals surface area contributed by atoms with Gasteiger partial charge in [-0.05, 0) is 17.7 Å². The Kier molecular flexibility index (Phi) is 4.36. The van der Waals surface area contributed by atoms with Gasteiger partial charge in [-0.3, -0.25) is 14.9 Å². The van der Waals surface area contributed by atoms with E-state index in [4.69, 9.17) is 15.6 Å². The van der Waals surface area contributed by atoms with Gasteiger partial charge < -0.3 is 25.5 Å². The Labute approximate surface area is 137 Å². The van der Waals surface area contributed by atoms with E-state index < -0.39 is 16.9 Å². The van der Waals surface area contributed by atoms with Gasteiger partial charge in [-0.2, -0.15) is 0 Å². The van der Waals surface area contributed by atoms with Crippen LogP contribution >= 0.6 is 0 Å². The molecule has 128 valence electrons. The molecule has 0 radical (unpaired) electrons. The lowest BCUT2D eigenvalue weighted by Crippen LogP contribution is -2.36. The predicted molar refractivity (Wildman–Crippen MR) is 87.3 cm³/mol. The highest BCUT2D eigenvalue weighted by atomic mass is 16.6. The van der Waals surface area contributed by atoms with Crippen molar-refractivity contribution in [3.05, 3.63) is 34.0 Å². The number of carboxylic acid groups (broad SMARTS) is 1. The van der Waals surface area contributed by atoms with Crippen molar-refractivity contribution in [2.45, 2.75) is 12.5 Å². The molecule has 1 atom stereocenters. The molecule has 1 aliphatic rings. The highest BCUT2D eigenvalue weighted by molar-refractivity contribution is 5.98. The molecule has 1 fully saturated rings. The molecule has 1 unspecified atom stereocenters. The van der Waals surface area contributed by atoms with Gasteiger partial charge >= 0.3 is 11.7 Å². The van der Waals surface area contributed by atoms with Gasteiger partial charge in [0.1, 0.15) is 11.7 Å². The summed E-state index contributed by atoms with van der Waals surface area (Å²) in [5.41, 5.74) is 7.20. The molecule has 0 saturated carbocycles. The van der Waals surface area contributed by atoms with Crippen LogP contribution in [0.5, 0.6) is 0 Å². The fourth-order valence-corrected chi connectivity index (χ4v) is 2.99. The molecule has 1 aromatic heterocycles. The molecule has 9 nitrogen and oxygen atoms in total. The van der Waals surface area contributed by atoms with Crippen molar-refractivity contribution in [1.29, 1.82) is 0 Å². The number of rotatable bonds is 5. The van der Waals surface area contributed by atoms with Crippen LogP contribution in [-0.4, -0.2) is 53.3 Å². The van der Waals surface area contributed by atoms with Crippen molar-refractivity contribution in [3.8, 4) is 0 Å². The fraction of sp³-hybridized carbons (Fsp3) is 0.400. The Morgan fingerprint density at radius 2 is 2.17 bits per heavy atom. The van der Waals surface area contributed by atoms with Gasteiger partial charge in [0.15, 0.2) is 0 Å². The van der Waals surface area contributed by atoms with E-state index >= 15 is 0 Å². The smallest absolute Gasteiger partial charge is 0.320 e. The molecule has 1 aromatic carbocycles. The zero-order valence-electron chi connectivity index (χ0n) is 12.9. The molecular weight excluding hydrogens is 316 g/mol. The van der Waals surface area contributed by atoms with Gasteiger partial charge in [0.25, 0.3) is 0 Å². The van der Waals surface area contributed by atoms with Crippen LogP contribution in [-0.2, 0) is 16.0 Å². The quantitative estimate of drug-likeness (QED) is 0.545. The van der Waals surface area contributed by atoms with Gasteiger partial charge in [-0.15, -0.1) is 0 Å². The van der Waals surface area contributed by atoms with Gasteiger partial charge in [0, 0.05) is 25.7 Å². The summed E-state index contributed by atoms with van der Waals surface area (Å²) >= 11 is 0. The molecule has 2 heterocycles. The summed E-state index contributed by atoms with van der Waals surface area (Å²) in [4.78, 5) is 27.2. The summed E-state index contributed by atoms with van der Waals surface area (Å²) in [5, 5.41) is 21.2. The number of hydrogen-bond acceptors (Lipinski definition) is 6. The molecule has 3 rings (SSSR count). The lowest BCUT2D eigenvalue weighted by Gasteiger charge is -2.28. The van der Waals surface area contributed by atoms with Crippen molar-refractivity contribution in [2.75, 3.05) is 31.2 Å². The molecule has 0 spiro atoms. The number of fused-ring (bicyclic) bond motifs is 1. The zero-order valence-corrected chi connectivity index (χ0v) is 12.9. The first-order valence-corrected chi connectivity index (χ1v) is 7.57. The summed E-state index contributed by atoms with van der Waals surface area (Å²) in [7, 11) is 0. The molecule has 0 amide bonds. The number of nitrogens with two attached hydrogens (primary N) is 1. The maximum Gasteiger partial charge on any atom is 0.320 e. The summed E-state index contributed by atoms with van der Waals surface area (Å²) in [6, 6.07) is 2.36. The van der Waals surface area contributed by atoms with Crippen LogP contribution in [0.1, 0.15) is 5.56 Å². The molecule has 1 aliphatic heterocycles. The highest BCUT2D eigenvalue weighted by Gasteiger charge is 2.27. The number of carboxylic acids is 1. The molecule has 9 heteroatoms. The van der Waals surface area contributed by atoms with Crippen molar-refractivity contribution in [2.24, 2.45) is 5.73 Å². The number of nitrogens with zero attached hydrogens (tertiary/aromatic N) is 2. The van der Waals surface area contributed by atoms with Crippen molar-refractivity contribution in [1.82, 2.24) is 4.98 Å². The number of anilines is 1. The number of carbonyl (C=O) groups is 1. The van der Waals surface area contributed by atoms with Crippen LogP contribution in [0.4, 0.5) is 11.4 Å². The number of nitro benzene ring substituents is 1. The van der Waals surface area contributed by atoms with E-state index in [1.807, 2.05) is 4.90 Å². The molecular formula is C15H18N4O5. The maximum absolute atomic E-state index is 11.7. The highest BCUT2D eigenvalue weighted by Crippen LogP contribution is 2.38. The standard InChI is InChI=1S/C15H18N4O5/c16-10(15(20)21)7-9-8-17-11-1-2-12(14(13(9)11)19(22)23)18-3-5-24-6-4-18/h1-2,8,10,17H,3-7,16H2,(H,20,21). The van der Waals surface area contributed by atoms with Crippen molar-refractivity contribution >= 4 is 28.2 Å². The van der Waals surface area contributed by atoms with E-state index in [0.717, 1.165) is 0 Å². The minimum atomic E-state index is -1.14. The molecule has 2 aromatic rings. The molecule has 24 heavy (non-hydrogen) atoms. The third kappa shape index (κ3) is 2.91. The Morgan fingerprint density at radius 1 is 1.46 bits per heavy atom. The normalized spacial score (nSPS) is 16.3. The number of aromatic nitrogens is 1. The summed E-state index contributed by atoms with van der Waals surface area (Å²) in [5.74, 6) is -1.14. The van der Waals surface area contributed by atoms with E-state index in [1.165, 1.54) is 0 Å². The minimum absolute atomic E-state index is 0.0166. The molecule has 0 bridgehead atoms.